The molecule has 0 saturated heterocycles. The Labute approximate surface area is 374 Å². The molecule has 0 bridgehead atoms. The largest absolute Gasteiger partial charge is 0.456 e. The van der Waals surface area contributed by atoms with Crippen LogP contribution >= 0.6 is 0 Å². The molecule has 12 rings (SSSR count). The molecule has 0 spiro atoms. The molecule has 0 saturated carbocycles. The summed E-state index contributed by atoms with van der Waals surface area (Å²) in [5.41, 5.74) is 16.8. The third kappa shape index (κ3) is 5.72. The van der Waals surface area contributed by atoms with E-state index in [1.54, 1.807) is 0 Å². The predicted octanol–water partition coefficient (Wildman–Crippen LogP) is 16.6. The van der Waals surface area contributed by atoms with Crippen molar-refractivity contribution in [2.75, 3.05) is 4.90 Å². The van der Waals surface area contributed by atoms with Crippen molar-refractivity contribution in [3.05, 3.63) is 270 Å². The van der Waals surface area contributed by atoms with E-state index in [1.165, 1.54) is 55.3 Å². The van der Waals surface area contributed by atoms with E-state index in [0.717, 1.165) is 50.1 Å². The Morgan fingerprint density at radius 3 is 1.62 bits per heavy atom. The molecule has 2 heteroatoms. The second kappa shape index (κ2) is 14.9. The van der Waals surface area contributed by atoms with Crippen molar-refractivity contribution >= 4 is 49.8 Å². The minimum absolute atomic E-state index is 0.112. The van der Waals surface area contributed by atoms with Crippen molar-refractivity contribution in [1.82, 2.24) is 0 Å². The maximum Gasteiger partial charge on any atom is 0.136 e. The number of fused-ring (bicyclic) bond motifs is 7. The van der Waals surface area contributed by atoms with Crippen LogP contribution in [-0.4, -0.2) is 0 Å². The van der Waals surface area contributed by atoms with E-state index >= 15 is 0 Å². The molecule has 1 aliphatic carbocycles. The first-order valence-electron chi connectivity index (χ1n) is 22.3. The molecule has 0 amide bonds. The van der Waals surface area contributed by atoms with Crippen LogP contribution < -0.4 is 4.90 Å². The van der Waals surface area contributed by atoms with Crippen LogP contribution in [0.4, 0.5) is 17.1 Å². The average Bonchev–Trinajstić information content (AvgIpc) is 3.85. The van der Waals surface area contributed by atoms with Crippen molar-refractivity contribution in [1.29, 1.82) is 0 Å². The van der Waals surface area contributed by atoms with E-state index in [-0.39, 0.29) is 5.41 Å². The van der Waals surface area contributed by atoms with Gasteiger partial charge in [-0.2, -0.15) is 0 Å². The number of nitrogens with zero attached hydrogens (tertiary/aromatic N) is 1. The summed E-state index contributed by atoms with van der Waals surface area (Å²) >= 11 is 0. The highest BCUT2D eigenvalue weighted by molar-refractivity contribution is 6.18. The van der Waals surface area contributed by atoms with Gasteiger partial charge in [0.2, 0.25) is 0 Å². The minimum Gasteiger partial charge on any atom is -0.456 e. The first-order chi connectivity index (χ1) is 31.5. The van der Waals surface area contributed by atoms with Crippen LogP contribution in [0, 0.1) is 0 Å². The molecule has 304 valence electrons. The summed E-state index contributed by atoms with van der Waals surface area (Å²) in [6, 6.07) is 86.6. The highest BCUT2D eigenvalue weighted by atomic mass is 16.3. The molecular formula is C62H45NO. The fourth-order valence-corrected chi connectivity index (χ4v) is 10.9. The van der Waals surface area contributed by atoms with Crippen LogP contribution in [0.1, 0.15) is 47.2 Å². The van der Waals surface area contributed by atoms with Crippen LogP contribution in [0.3, 0.4) is 0 Å². The van der Waals surface area contributed by atoms with Crippen LogP contribution in [0.5, 0.6) is 0 Å². The Kier molecular flexibility index (Phi) is 8.77. The molecule has 1 heterocycles. The predicted molar refractivity (Wildman–Crippen MR) is 267 cm³/mol. The Morgan fingerprint density at radius 1 is 0.391 bits per heavy atom. The molecule has 64 heavy (non-hydrogen) atoms. The Hall–Kier alpha value is -7.94. The maximum absolute atomic E-state index is 6.54. The SMILES string of the molecule is CC1(C)c2ccccc2-c2cc(N(c3ccc(C(c4ccccc4)(c4ccccc4)c4ccccc4)cc3)c3ccc4ccccc4c3-c3cccc4oc5ccccc5c34)ccc21. The second-order valence-corrected chi connectivity index (χ2v) is 17.6. The summed E-state index contributed by atoms with van der Waals surface area (Å²) in [6.07, 6.45) is 0. The van der Waals surface area contributed by atoms with E-state index in [1.807, 2.05) is 0 Å². The molecule has 0 N–H and O–H groups in total. The maximum atomic E-state index is 6.54. The van der Waals surface area contributed by atoms with Gasteiger partial charge in [0.1, 0.15) is 11.2 Å². The van der Waals surface area contributed by atoms with Crippen molar-refractivity contribution in [2.45, 2.75) is 24.7 Å². The first-order valence-corrected chi connectivity index (χ1v) is 22.3. The number of furan rings is 1. The number of para-hydroxylation sites is 1. The molecule has 0 atom stereocenters. The van der Waals surface area contributed by atoms with Gasteiger partial charge in [-0.25, -0.2) is 0 Å². The quantitative estimate of drug-likeness (QED) is 0.142. The third-order valence-electron chi connectivity index (χ3n) is 13.8. The van der Waals surface area contributed by atoms with E-state index in [2.05, 4.69) is 255 Å². The molecule has 0 unspecified atom stereocenters. The van der Waals surface area contributed by atoms with E-state index in [0.29, 0.717) is 0 Å². The van der Waals surface area contributed by atoms with E-state index in [9.17, 15) is 0 Å². The molecule has 1 aliphatic rings. The molecule has 0 aliphatic heterocycles. The summed E-state index contributed by atoms with van der Waals surface area (Å²) in [7, 11) is 0. The molecule has 10 aromatic carbocycles. The highest BCUT2D eigenvalue weighted by Crippen LogP contribution is 2.53. The number of anilines is 3. The van der Waals surface area contributed by atoms with Gasteiger partial charge in [0.25, 0.3) is 0 Å². The molecule has 0 radical (unpaired) electrons. The molecular weight excluding hydrogens is 775 g/mol. The van der Waals surface area contributed by atoms with E-state index in [4.69, 9.17) is 4.42 Å². The molecule has 11 aromatic rings. The summed E-state index contributed by atoms with van der Waals surface area (Å²) in [6.45, 7) is 4.70. The van der Waals surface area contributed by atoms with Gasteiger partial charge in [0.15, 0.2) is 0 Å². The van der Waals surface area contributed by atoms with Gasteiger partial charge in [-0.05, 0) is 103 Å². The monoisotopic (exact) mass is 819 g/mol. The molecule has 2 nitrogen and oxygen atoms in total. The van der Waals surface area contributed by atoms with Crippen LogP contribution in [0.2, 0.25) is 0 Å². The fourth-order valence-electron chi connectivity index (χ4n) is 10.9. The third-order valence-corrected chi connectivity index (χ3v) is 13.8. The highest BCUT2D eigenvalue weighted by Gasteiger charge is 2.39. The number of hydrogen-bond acceptors (Lipinski definition) is 2. The van der Waals surface area contributed by atoms with Gasteiger partial charge in [-0.3, -0.25) is 0 Å². The zero-order valence-electron chi connectivity index (χ0n) is 35.9. The fraction of sp³-hybridized carbons (Fsp3) is 0.0645. The van der Waals surface area contributed by atoms with Gasteiger partial charge in [0, 0.05) is 33.1 Å². The van der Waals surface area contributed by atoms with Gasteiger partial charge in [-0.15, -0.1) is 0 Å². The lowest BCUT2D eigenvalue weighted by molar-refractivity contribution is 0.660. The standard InChI is InChI=1S/C62H45NO/c1-61(2)54-30-16-14-27-50(54)53-41-48(38-39-55(53)61)63(56-40-33-42-19-12-13-26-49(42)59(56)52-29-18-32-58-60(52)51-28-15-17-31-57(51)64-58)47-36-34-46(35-37-47)62(43-20-6-3-7-21-43,44-22-8-4-9-23-44)45-24-10-5-11-25-45/h3-41H,1-2H3. The summed E-state index contributed by atoms with van der Waals surface area (Å²) in [4.78, 5) is 2.48. The average molecular weight is 820 g/mol. The lowest BCUT2D eigenvalue weighted by Crippen LogP contribution is -2.31. The summed E-state index contributed by atoms with van der Waals surface area (Å²) < 4.78 is 6.54. The molecule has 1 aromatic heterocycles. The Balaban J connectivity index is 1.14. The van der Waals surface area contributed by atoms with Crippen molar-refractivity contribution in [2.24, 2.45) is 0 Å². The second-order valence-electron chi connectivity index (χ2n) is 17.6. The summed E-state index contributed by atoms with van der Waals surface area (Å²) in [5.74, 6) is 0. The molecule has 0 fully saturated rings. The van der Waals surface area contributed by atoms with Crippen molar-refractivity contribution < 1.29 is 4.42 Å². The minimum atomic E-state index is -0.567. The number of rotatable bonds is 8. The smallest absolute Gasteiger partial charge is 0.136 e. The zero-order valence-corrected chi connectivity index (χ0v) is 35.9. The van der Waals surface area contributed by atoms with Gasteiger partial charge >= 0.3 is 0 Å². The van der Waals surface area contributed by atoms with Crippen LogP contribution in [0.25, 0.3) is 55.0 Å². The van der Waals surface area contributed by atoms with Gasteiger partial charge in [0.05, 0.1) is 11.1 Å². The van der Waals surface area contributed by atoms with Crippen LogP contribution in [-0.2, 0) is 10.8 Å². The number of benzene rings is 10. The Bertz CT molecular complexity index is 3410. The van der Waals surface area contributed by atoms with Gasteiger partial charge < -0.3 is 9.32 Å². The Morgan fingerprint density at radius 2 is 0.922 bits per heavy atom. The van der Waals surface area contributed by atoms with Crippen molar-refractivity contribution in [3.8, 4) is 22.3 Å². The lowest BCUT2D eigenvalue weighted by atomic mass is 9.65. The normalized spacial score (nSPS) is 13.0. The van der Waals surface area contributed by atoms with Gasteiger partial charge in [-0.1, -0.05) is 208 Å². The summed E-state index contributed by atoms with van der Waals surface area (Å²) in [5, 5.41) is 4.60. The van der Waals surface area contributed by atoms with Crippen LogP contribution in [0.15, 0.2) is 241 Å². The number of hydrogen-bond donors (Lipinski definition) is 0. The first kappa shape index (κ1) is 37.8. The lowest BCUT2D eigenvalue weighted by Gasteiger charge is -2.37. The topological polar surface area (TPSA) is 16.4 Å². The van der Waals surface area contributed by atoms with E-state index < -0.39 is 5.41 Å². The zero-order chi connectivity index (χ0) is 42.8. The van der Waals surface area contributed by atoms with Crippen molar-refractivity contribution in [3.63, 3.8) is 0 Å².